The van der Waals surface area contributed by atoms with Crippen LogP contribution in [-0.4, -0.2) is 24.9 Å². The molecule has 0 saturated heterocycles. The van der Waals surface area contributed by atoms with E-state index in [1.165, 1.54) is 0 Å². The molecule has 172 valence electrons. The first-order valence-electron chi connectivity index (χ1n) is 11.7. The highest BCUT2D eigenvalue weighted by molar-refractivity contribution is 6.09. The van der Waals surface area contributed by atoms with Gasteiger partial charge in [0.05, 0.1) is 24.0 Å². The van der Waals surface area contributed by atoms with E-state index in [0.29, 0.717) is 11.1 Å². The fourth-order valence-electron chi connectivity index (χ4n) is 4.18. The highest BCUT2D eigenvalue weighted by atomic mass is 16.1. The molecule has 0 bridgehead atoms. The molecule has 0 fully saturated rings. The first kappa shape index (κ1) is 21.5. The number of aromatic nitrogens is 4. The predicted molar refractivity (Wildman–Crippen MR) is 141 cm³/mol. The van der Waals surface area contributed by atoms with Gasteiger partial charge in [0.2, 0.25) is 0 Å². The maximum atomic E-state index is 13.1. The second-order valence-corrected chi connectivity index (χ2v) is 8.49. The van der Waals surface area contributed by atoms with E-state index in [1.54, 1.807) is 12.7 Å². The Labute approximate surface area is 209 Å². The molecule has 2 heterocycles. The van der Waals surface area contributed by atoms with E-state index in [-0.39, 0.29) is 5.78 Å². The Morgan fingerprint density at radius 1 is 0.500 bits per heavy atom. The van der Waals surface area contributed by atoms with Gasteiger partial charge in [0, 0.05) is 46.0 Å². The molecule has 5 nitrogen and oxygen atoms in total. The van der Waals surface area contributed by atoms with Crippen molar-refractivity contribution in [1.29, 1.82) is 0 Å². The smallest absolute Gasteiger partial charge is 0.193 e. The Bertz CT molecular complexity index is 1490. The molecule has 6 rings (SSSR count). The Morgan fingerprint density at radius 3 is 1.28 bits per heavy atom. The summed E-state index contributed by atoms with van der Waals surface area (Å²) >= 11 is 0. The topological polar surface area (TPSA) is 52.7 Å². The number of imidazole rings is 2. The molecule has 2 aromatic heterocycles. The maximum absolute atomic E-state index is 13.1. The van der Waals surface area contributed by atoms with Crippen molar-refractivity contribution < 1.29 is 4.79 Å². The third kappa shape index (κ3) is 4.26. The Kier molecular flexibility index (Phi) is 5.56. The largest absolute Gasteiger partial charge is 0.306 e. The van der Waals surface area contributed by atoms with Crippen LogP contribution in [0.15, 0.2) is 134 Å². The number of ketones is 1. The van der Waals surface area contributed by atoms with E-state index >= 15 is 0 Å². The molecule has 0 atom stereocenters. The summed E-state index contributed by atoms with van der Waals surface area (Å²) in [6, 6.07) is 35.3. The molecule has 0 N–H and O–H groups in total. The van der Waals surface area contributed by atoms with Crippen LogP contribution >= 0.6 is 0 Å². The van der Waals surface area contributed by atoms with Crippen molar-refractivity contribution in [1.82, 2.24) is 19.1 Å². The molecule has 4 aromatic carbocycles. The van der Waals surface area contributed by atoms with Gasteiger partial charge in [-0.3, -0.25) is 4.79 Å². The third-order valence-corrected chi connectivity index (χ3v) is 6.16. The van der Waals surface area contributed by atoms with Gasteiger partial charge in [-0.15, -0.1) is 0 Å². The number of rotatable bonds is 6. The fraction of sp³-hybridized carbons (Fsp3) is 0. The van der Waals surface area contributed by atoms with Gasteiger partial charge in [-0.1, -0.05) is 60.7 Å². The lowest BCUT2D eigenvalue weighted by Gasteiger charge is -2.06. The summed E-state index contributed by atoms with van der Waals surface area (Å²) in [5, 5.41) is 0. The summed E-state index contributed by atoms with van der Waals surface area (Å²) in [7, 11) is 0. The second-order valence-electron chi connectivity index (χ2n) is 8.49. The number of carbonyl (C=O) groups is 1. The van der Waals surface area contributed by atoms with Crippen molar-refractivity contribution in [3.05, 3.63) is 145 Å². The first-order valence-corrected chi connectivity index (χ1v) is 11.7. The zero-order valence-corrected chi connectivity index (χ0v) is 19.4. The van der Waals surface area contributed by atoms with Crippen molar-refractivity contribution in [2.75, 3.05) is 0 Å². The summed E-state index contributed by atoms with van der Waals surface area (Å²) in [4.78, 5) is 22.1. The number of benzene rings is 4. The van der Waals surface area contributed by atoms with Crippen molar-refractivity contribution >= 4 is 5.78 Å². The molecule has 0 aliphatic carbocycles. The Balaban J connectivity index is 1.17. The van der Waals surface area contributed by atoms with E-state index in [0.717, 1.165) is 33.9 Å². The second kappa shape index (κ2) is 9.31. The maximum Gasteiger partial charge on any atom is 0.193 e. The molecule has 5 heteroatoms. The summed E-state index contributed by atoms with van der Waals surface area (Å²) in [5.41, 5.74) is 7.14. The van der Waals surface area contributed by atoms with Crippen LogP contribution in [0.4, 0.5) is 0 Å². The molecule has 0 radical (unpaired) electrons. The lowest BCUT2D eigenvalue weighted by Crippen LogP contribution is -2.02. The van der Waals surface area contributed by atoms with Crippen molar-refractivity contribution in [3.63, 3.8) is 0 Å². The Hall–Kier alpha value is -5.03. The van der Waals surface area contributed by atoms with Crippen LogP contribution in [0, 0.1) is 0 Å². The minimum absolute atomic E-state index is 0.0145. The lowest BCUT2D eigenvalue weighted by molar-refractivity contribution is 0.103. The molecule has 36 heavy (non-hydrogen) atoms. The minimum Gasteiger partial charge on any atom is -0.306 e. The molecule has 0 spiro atoms. The molecule has 0 saturated carbocycles. The van der Waals surface area contributed by atoms with Gasteiger partial charge >= 0.3 is 0 Å². The molecule has 0 amide bonds. The first-order chi connectivity index (χ1) is 17.7. The quantitative estimate of drug-likeness (QED) is 0.259. The molecule has 0 aliphatic heterocycles. The van der Waals surface area contributed by atoms with Crippen LogP contribution in [0.2, 0.25) is 0 Å². The van der Waals surface area contributed by atoms with Gasteiger partial charge in [0.15, 0.2) is 5.78 Å². The summed E-state index contributed by atoms with van der Waals surface area (Å²) in [6.45, 7) is 0. The summed E-state index contributed by atoms with van der Waals surface area (Å²) < 4.78 is 3.92. The van der Waals surface area contributed by atoms with E-state index in [1.807, 2.05) is 131 Å². The third-order valence-electron chi connectivity index (χ3n) is 6.16. The van der Waals surface area contributed by atoms with E-state index < -0.39 is 0 Å². The normalized spacial score (nSPS) is 10.9. The van der Waals surface area contributed by atoms with Crippen LogP contribution in [0.3, 0.4) is 0 Å². The zero-order chi connectivity index (χ0) is 24.3. The average Bonchev–Trinajstić information content (AvgIpc) is 3.65. The molecule has 0 unspecified atom stereocenters. The SMILES string of the molecule is O=C(c1ccc(-n2cnc(-c3ccccc3)c2)cc1)c1ccc(-n2cnc(-c3ccccc3)c2)cc1. The van der Waals surface area contributed by atoms with Gasteiger partial charge < -0.3 is 9.13 Å². The minimum atomic E-state index is -0.0145. The van der Waals surface area contributed by atoms with Gasteiger partial charge in [-0.05, 0) is 48.5 Å². The van der Waals surface area contributed by atoms with Crippen molar-refractivity contribution in [2.45, 2.75) is 0 Å². The van der Waals surface area contributed by atoms with Crippen molar-refractivity contribution in [2.24, 2.45) is 0 Å². The highest BCUT2D eigenvalue weighted by Crippen LogP contribution is 2.21. The summed E-state index contributed by atoms with van der Waals surface area (Å²) in [6.07, 6.45) is 7.56. The Morgan fingerprint density at radius 2 is 0.889 bits per heavy atom. The summed E-state index contributed by atoms with van der Waals surface area (Å²) in [5.74, 6) is -0.0145. The number of carbonyl (C=O) groups excluding carboxylic acids is 1. The van der Waals surface area contributed by atoms with E-state index in [9.17, 15) is 4.79 Å². The van der Waals surface area contributed by atoms with Crippen LogP contribution in [0.1, 0.15) is 15.9 Å². The number of hydrogen-bond acceptors (Lipinski definition) is 3. The van der Waals surface area contributed by atoms with Crippen LogP contribution in [-0.2, 0) is 0 Å². The molecular formula is C31H22N4O. The number of hydrogen-bond donors (Lipinski definition) is 0. The van der Waals surface area contributed by atoms with E-state index in [2.05, 4.69) is 9.97 Å². The van der Waals surface area contributed by atoms with Gasteiger partial charge in [0.25, 0.3) is 0 Å². The fourth-order valence-corrected chi connectivity index (χ4v) is 4.18. The average molecular weight is 467 g/mol. The highest BCUT2D eigenvalue weighted by Gasteiger charge is 2.11. The van der Waals surface area contributed by atoms with Gasteiger partial charge in [-0.25, -0.2) is 9.97 Å². The lowest BCUT2D eigenvalue weighted by atomic mass is 10.0. The molecular weight excluding hydrogens is 444 g/mol. The molecule has 0 aliphatic rings. The van der Waals surface area contributed by atoms with Crippen LogP contribution in [0.5, 0.6) is 0 Å². The standard InChI is InChI=1S/C31H22N4O/c36-31(25-11-15-27(16-12-25)34-19-29(32-21-34)23-7-3-1-4-8-23)26-13-17-28(18-14-26)35-20-30(33-22-35)24-9-5-2-6-10-24/h1-22H. The predicted octanol–water partition coefficient (Wildman–Crippen LogP) is 6.62. The van der Waals surface area contributed by atoms with E-state index in [4.69, 9.17) is 0 Å². The monoisotopic (exact) mass is 466 g/mol. The van der Waals surface area contributed by atoms with Crippen LogP contribution < -0.4 is 0 Å². The van der Waals surface area contributed by atoms with Gasteiger partial charge in [0.1, 0.15) is 0 Å². The zero-order valence-electron chi connectivity index (χ0n) is 19.4. The van der Waals surface area contributed by atoms with Crippen LogP contribution in [0.25, 0.3) is 33.9 Å². The number of nitrogens with zero attached hydrogens (tertiary/aromatic N) is 4. The van der Waals surface area contributed by atoms with Crippen molar-refractivity contribution in [3.8, 4) is 33.9 Å². The van der Waals surface area contributed by atoms with Gasteiger partial charge in [-0.2, -0.15) is 0 Å². The molecule has 6 aromatic rings.